The molecule has 35 heavy (non-hydrogen) atoms. The minimum atomic E-state index is -0.839. The Morgan fingerprint density at radius 3 is 2.37 bits per heavy atom. The second kappa shape index (κ2) is 10.9. The number of amides is 1. The van der Waals surface area contributed by atoms with Crippen LogP contribution in [0.15, 0.2) is 48.0 Å². The zero-order chi connectivity index (χ0) is 24.9. The highest BCUT2D eigenvalue weighted by molar-refractivity contribution is 6.46. The molecule has 0 bridgehead atoms. The Balaban J connectivity index is 1.69. The summed E-state index contributed by atoms with van der Waals surface area (Å²) in [6.45, 7) is 4.04. The van der Waals surface area contributed by atoms with E-state index >= 15 is 0 Å². The normalized spacial score (nSPS) is 20.3. The maximum absolute atomic E-state index is 13.7. The summed E-state index contributed by atoms with van der Waals surface area (Å²) >= 11 is 0. The third kappa shape index (κ3) is 5.16. The van der Waals surface area contributed by atoms with Crippen LogP contribution in [0.25, 0.3) is 5.76 Å². The molecule has 2 aliphatic rings. The van der Waals surface area contributed by atoms with Crippen LogP contribution in [0.1, 0.15) is 23.6 Å². The predicted molar refractivity (Wildman–Crippen MR) is 127 cm³/mol. The first-order valence-corrected chi connectivity index (χ1v) is 11.5. The molecule has 2 heterocycles. The van der Waals surface area contributed by atoms with Crippen LogP contribution in [0.3, 0.4) is 0 Å². The number of rotatable bonds is 8. The molecule has 0 radical (unpaired) electrons. The van der Waals surface area contributed by atoms with Crippen molar-refractivity contribution in [3.63, 3.8) is 0 Å². The Kier molecular flexibility index (Phi) is 7.67. The second-order valence-corrected chi connectivity index (χ2v) is 8.42. The highest BCUT2D eigenvalue weighted by atomic mass is 19.1. The number of carbonyl (C=O) groups is 2. The average molecular weight is 485 g/mol. The lowest BCUT2D eigenvalue weighted by atomic mass is 9.95. The van der Waals surface area contributed by atoms with Crippen LogP contribution in [0.2, 0.25) is 0 Å². The zero-order valence-corrected chi connectivity index (χ0v) is 19.8. The van der Waals surface area contributed by atoms with Gasteiger partial charge in [-0.25, -0.2) is 4.39 Å². The highest BCUT2D eigenvalue weighted by Gasteiger charge is 2.45. The minimum Gasteiger partial charge on any atom is -0.507 e. The van der Waals surface area contributed by atoms with Gasteiger partial charge in [0.15, 0.2) is 11.5 Å². The topological polar surface area (TPSA) is 88.5 Å². The number of aliphatic hydroxyl groups excluding tert-OH is 1. The standard InChI is InChI=1S/C26H29FN2O6/c1-33-20-9-6-18(16-21(20)34-2)24(30)22-23(17-4-7-19(27)8-5-17)29(26(32)25(22)31)11-3-10-28-12-14-35-15-13-28/h4-9,16,23,30H,3,10-15H2,1-2H3/b24-22+/t23-/m1/s1. The molecule has 4 rings (SSSR count). The van der Waals surface area contributed by atoms with Gasteiger partial charge in [0.05, 0.1) is 39.0 Å². The number of hydrogen-bond donors (Lipinski definition) is 1. The summed E-state index contributed by atoms with van der Waals surface area (Å²) in [7, 11) is 2.96. The van der Waals surface area contributed by atoms with Gasteiger partial charge in [-0.2, -0.15) is 0 Å². The van der Waals surface area contributed by atoms with E-state index in [0.29, 0.717) is 48.8 Å². The molecule has 1 atom stereocenters. The molecule has 0 spiro atoms. The molecule has 186 valence electrons. The first kappa shape index (κ1) is 24.7. The van der Waals surface area contributed by atoms with Gasteiger partial charge < -0.3 is 24.2 Å². The van der Waals surface area contributed by atoms with Crippen molar-refractivity contribution in [2.45, 2.75) is 12.5 Å². The monoisotopic (exact) mass is 484 g/mol. The smallest absolute Gasteiger partial charge is 0.295 e. The number of ether oxygens (including phenoxy) is 3. The molecule has 1 N–H and O–H groups in total. The number of aliphatic hydroxyl groups is 1. The van der Waals surface area contributed by atoms with Crippen LogP contribution in [0.4, 0.5) is 4.39 Å². The van der Waals surface area contributed by atoms with Crippen molar-refractivity contribution in [1.82, 2.24) is 9.80 Å². The first-order chi connectivity index (χ1) is 16.9. The van der Waals surface area contributed by atoms with Gasteiger partial charge in [-0.3, -0.25) is 14.5 Å². The molecular formula is C26H29FN2O6. The summed E-state index contributed by atoms with van der Waals surface area (Å²) in [5.41, 5.74) is 0.806. The molecule has 8 nitrogen and oxygen atoms in total. The molecule has 0 saturated carbocycles. The quantitative estimate of drug-likeness (QED) is 0.350. The number of likely N-dealkylation sites (tertiary alicyclic amines) is 1. The van der Waals surface area contributed by atoms with Crippen molar-refractivity contribution < 1.29 is 33.3 Å². The minimum absolute atomic E-state index is 0.0415. The molecule has 0 aromatic heterocycles. The van der Waals surface area contributed by atoms with Crippen LogP contribution in [0.5, 0.6) is 11.5 Å². The number of Topliss-reactive ketones (excluding diaryl/α,β-unsaturated/α-hetero) is 1. The fourth-order valence-electron chi connectivity index (χ4n) is 4.53. The lowest BCUT2D eigenvalue weighted by molar-refractivity contribution is -0.140. The third-order valence-electron chi connectivity index (χ3n) is 6.36. The van der Waals surface area contributed by atoms with Crippen LogP contribution in [-0.4, -0.2) is 80.2 Å². The van der Waals surface area contributed by atoms with E-state index in [1.807, 2.05) is 0 Å². The number of nitrogens with zero attached hydrogens (tertiary/aromatic N) is 2. The fraction of sp³-hybridized carbons (Fsp3) is 0.385. The number of ketones is 1. The van der Waals surface area contributed by atoms with Gasteiger partial charge in [0.25, 0.3) is 11.7 Å². The van der Waals surface area contributed by atoms with Gasteiger partial charge in [0.2, 0.25) is 0 Å². The van der Waals surface area contributed by atoms with E-state index in [1.165, 1.54) is 43.4 Å². The molecule has 2 aromatic rings. The molecule has 2 fully saturated rings. The number of carbonyl (C=O) groups excluding carboxylic acids is 2. The summed E-state index contributed by atoms with van der Waals surface area (Å²) in [4.78, 5) is 30.0. The number of hydrogen-bond acceptors (Lipinski definition) is 7. The van der Waals surface area contributed by atoms with Crippen molar-refractivity contribution in [2.24, 2.45) is 0 Å². The summed E-state index contributed by atoms with van der Waals surface area (Å²) < 4.78 is 29.6. The fourth-order valence-corrected chi connectivity index (χ4v) is 4.53. The number of halogens is 1. The van der Waals surface area contributed by atoms with Gasteiger partial charge in [0.1, 0.15) is 11.6 Å². The van der Waals surface area contributed by atoms with E-state index in [9.17, 15) is 19.1 Å². The largest absolute Gasteiger partial charge is 0.507 e. The van der Waals surface area contributed by atoms with Crippen LogP contribution >= 0.6 is 0 Å². The molecule has 2 aromatic carbocycles. The lowest BCUT2D eigenvalue weighted by Gasteiger charge is -2.29. The van der Waals surface area contributed by atoms with Crippen molar-refractivity contribution >= 4 is 17.4 Å². The zero-order valence-electron chi connectivity index (χ0n) is 19.8. The summed E-state index contributed by atoms with van der Waals surface area (Å²) in [5, 5.41) is 11.2. The van der Waals surface area contributed by atoms with Crippen molar-refractivity contribution in [2.75, 3.05) is 53.6 Å². The predicted octanol–water partition coefficient (Wildman–Crippen LogP) is 2.99. The molecule has 9 heteroatoms. The maximum Gasteiger partial charge on any atom is 0.295 e. The number of morpholine rings is 1. The Hall–Kier alpha value is -3.43. The second-order valence-electron chi connectivity index (χ2n) is 8.42. The SMILES string of the molecule is COc1ccc(/C(O)=C2\C(=O)C(=O)N(CCCN3CCOCC3)[C@@H]2c2ccc(F)cc2)cc1OC. The van der Waals surface area contributed by atoms with E-state index in [-0.39, 0.29) is 11.3 Å². The number of benzene rings is 2. The Bertz CT molecular complexity index is 1110. The van der Waals surface area contributed by atoms with E-state index in [4.69, 9.17) is 14.2 Å². The van der Waals surface area contributed by atoms with E-state index < -0.39 is 23.5 Å². The van der Waals surface area contributed by atoms with Gasteiger partial charge >= 0.3 is 0 Å². The van der Waals surface area contributed by atoms with Gasteiger partial charge in [-0.05, 0) is 42.3 Å². The average Bonchev–Trinajstić information content (AvgIpc) is 3.14. The van der Waals surface area contributed by atoms with Gasteiger partial charge in [-0.1, -0.05) is 12.1 Å². The first-order valence-electron chi connectivity index (χ1n) is 11.5. The third-order valence-corrected chi connectivity index (χ3v) is 6.36. The van der Waals surface area contributed by atoms with Crippen molar-refractivity contribution in [3.05, 3.63) is 65.0 Å². The van der Waals surface area contributed by atoms with Crippen molar-refractivity contribution in [1.29, 1.82) is 0 Å². The van der Waals surface area contributed by atoms with Crippen LogP contribution in [0, 0.1) is 5.82 Å². The Labute approximate surface area is 203 Å². The molecule has 1 amide bonds. The van der Waals surface area contributed by atoms with Gasteiger partial charge in [0, 0.05) is 31.7 Å². The Morgan fingerprint density at radius 2 is 1.71 bits per heavy atom. The Morgan fingerprint density at radius 1 is 1.03 bits per heavy atom. The van der Waals surface area contributed by atoms with E-state index in [2.05, 4.69) is 4.90 Å². The maximum atomic E-state index is 13.7. The molecule has 0 aliphatic carbocycles. The van der Waals surface area contributed by atoms with Gasteiger partial charge in [-0.15, -0.1) is 0 Å². The van der Waals surface area contributed by atoms with Crippen LogP contribution in [-0.2, 0) is 14.3 Å². The highest BCUT2D eigenvalue weighted by Crippen LogP contribution is 2.40. The van der Waals surface area contributed by atoms with Crippen molar-refractivity contribution in [3.8, 4) is 11.5 Å². The number of methoxy groups -OCH3 is 2. The molecular weight excluding hydrogens is 455 g/mol. The summed E-state index contributed by atoms with van der Waals surface area (Å²) in [6, 6.07) is 9.52. The van der Waals surface area contributed by atoms with Crippen LogP contribution < -0.4 is 9.47 Å². The summed E-state index contributed by atoms with van der Waals surface area (Å²) in [6.07, 6.45) is 0.640. The molecule has 2 aliphatic heterocycles. The lowest BCUT2D eigenvalue weighted by Crippen LogP contribution is -2.38. The van der Waals surface area contributed by atoms with E-state index in [1.54, 1.807) is 18.2 Å². The van der Waals surface area contributed by atoms with E-state index in [0.717, 1.165) is 19.6 Å². The molecule has 2 saturated heterocycles. The summed E-state index contributed by atoms with van der Waals surface area (Å²) in [5.74, 6) is -1.40. The molecule has 0 unspecified atom stereocenters.